The highest BCUT2D eigenvalue weighted by Crippen LogP contribution is 2.31. The number of aliphatic hydroxyl groups is 1. The maximum atomic E-state index is 11.0. The summed E-state index contributed by atoms with van der Waals surface area (Å²) in [6, 6.07) is 0. The molecule has 1 saturated carbocycles. The molecule has 0 aromatic rings. The highest BCUT2D eigenvalue weighted by Gasteiger charge is 2.34. The van der Waals surface area contributed by atoms with E-state index in [1.54, 1.807) is 0 Å². The van der Waals surface area contributed by atoms with E-state index in [0.717, 1.165) is 19.3 Å². The number of rotatable bonds is 2. The van der Waals surface area contributed by atoms with E-state index in [1.165, 1.54) is 13.3 Å². The van der Waals surface area contributed by atoms with Gasteiger partial charge >= 0.3 is 0 Å². The third kappa shape index (κ3) is 2.69. The molecule has 1 rings (SSSR count). The SMILES string of the molecule is CC(=O)NC1(CO)CCCC(C)C1. The summed E-state index contributed by atoms with van der Waals surface area (Å²) in [5.41, 5.74) is -0.330. The van der Waals surface area contributed by atoms with Gasteiger partial charge in [0.15, 0.2) is 0 Å². The van der Waals surface area contributed by atoms with Crippen molar-refractivity contribution in [2.24, 2.45) is 5.92 Å². The van der Waals surface area contributed by atoms with Crippen LogP contribution < -0.4 is 5.32 Å². The van der Waals surface area contributed by atoms with E-state index >= 15 is 0 Å². The van der Waals surface area contributed by atoms with E-state index in [2.05, 4.69) is 12.2 Å². The van der Waals surface area contributed by atoms with Crippen molar-refractivity contribution in [2.75, 3.05) is 6.61 Å². The summed E-state index contributed by atoms with van der Waals surface area (Å²) >= 11 is 0. The van der Waals surface area contributed by atoms with Crippen LogP contribution in [0.3, 0.4) is 0 Å². The molecule has 0 aliphatic heterocycles. The maximum absolute atomic E-state index is 11.0. The Morgan fingerprint density at radius 3 is 2.85 bits per heavy atom. The topological polar surface area (TPSA) is 49.3 Å². The zero-order valence-corrected chi connectivity index (χ0v) is 8.47. The predicted molar refractivity (Wildman–Crippen MR) is 51.3 cm³/mol. The van der Waals surface area contributed by atoms with Crippen LogP contribution in [-0.2, 0) is 4.79 Å². The van der Waals surface area contributed by atoms with Crippen LogP contribution in [0.15, 0.2) is 0 Å². The molecule has 1 aliphatic carbocycles. The van der Waals surface area contributed by atoms with Crippen molar-refractivity contribution in [3.63, 3.8) is 0 Å². The van der Waals surface area contributed by atoms with Crippen LogP contribution in [0.2, 0.25) is 0 Å². The second-order valence-electron chi connectivity index (χ2n) is 4.32. The van der Waals surface area contributed by atoms with Crippen molar-refractivity contribution in [1.29, 1.82) is 0 Å². The molecule has 2 unspecified atom stereocenters. The summed E-state index contributed by atoms with van der Waals surface area (Å²) in [4.78, 5) is 11.0. The van der Waals surface area contributed by atoms with Crippen molar-refractivity contribution in [3.05, 3.63) is 0 Å². The van der Waals surface area contributed by atoms with Crippen molar-refractivity contribution < 1.29 is 9.90 Å². The molecular weight excluding hydrogens is 166 g/mol. The molecule has 1 amide bonds. The molecule has 2 N–H and O–H groups in total. The van der Waals surface area contributed by atoms with Crippen LogP contribution in [-0.4, -0.2) is 23.2 Å². The molecule has 0 spiro atoms. The molecule has 13 heavy (non-hydrogen) atoms. The first-order chi connectivity index (χ1) is 6.08. The van der Waals surface area contributed by atoms with Gasteiger partial charge in [-0.15, -0.1) is 0 Å². The van der Waals surface area contributed by atoms with Gasteiger partial charge in [0.2, 0.25) is 5.91 Å². The molecule has 1 aliphatic rings. The lowest BCUT2D eigenvalue weighted by Gasteiger charge is -2.39. The number of hydrogen-bond donors (Lipinski definition) is 2. The third-order valence-corrected chi connectivity index (χ3v) is 2.84. The summed E-state index contributed by atoms with van der Waals surface area (Å²) in [7, 11) is 0. The van der Waals surface area contributed by atoms with E-state index in [0.29, 0.717) is 5.92 Å². The highest BCUT2D eigenvalue weighted by molar-refractivity contribution is 5.73. The number of aliphatic hydroxyl groups excluding tert-OH is 1. The van der Waals surface area contributed by atoms with Gasteiger partial charge < -0.3 is 10.4 Å². The third-order valence-electron chi connectivity index (χ3n) is 2.84. The summed E-state index contributed by atoms with van der Waals surface area (Å²) in [5, 5.41) is 12.2. The molecule has 0 aromatic heterocycles. The zero-order valence-electron chi connectivity index (χ0n) is 8.47. The van der Waals surface area contributed by atoms with Crippen molar-refractivity contribution in [1.82, 2.24) is 5.32 Å². The fourth-order valence-corrected chi connectivity index (χ4v) is 2.33. The number of nitrogens with one attached hydrogen (secondary N) is 1. The molecule has 0 saturated heterocycles. The fourth-order valence-electron chi connectivity index (χ4n) is 2.33. The van der Waals surface area contributed by atoms with E-state index < -0.39 is 0 Å². The van der Waals surface area contributed by atoms with Crippen molar-refractivity contribution in [3.8, 4) is 0 Å². The number of hydrogen-bond acceptors (Lipinski definition) is 2. The first-order valence-corrected chi connectivity index (χ1v) is 4.97. The second kappa shape index (κ2) is 4.09. The predicted octanol–water partition coefficient (Wildman–Crippen LogP) is 1.06. The zero-order chi connectivity index (χ0) is 9.90. The fraction of sp³-hybridized carbons (Fsp3) is 0.900. The summed E-state index contributed by atoms with van der Waals surface area (Å²) in [6.45, 7) is 3.75. The number of carbonyl (C=O) groups excluding carboxylic acids is 1. The molecule has 0 radical (unpaired) electrons. The van der Waals surface area contributed by atoms with Crippen LogP contribution in [0.1, 0.15) is 39.5 Å². The van der Waals surface area contributed by atoms with Gasteiger partial charge in [-0.2, -0.15) is 0 Å². The Kier molecular flexibility index (Phi) is 3.31. The molecule has 76 valence electrons. The standard InChI is InChI=1S/C10H19NO2/c1-8-4-3-5-10(6-8,7-12)11-9(2)13/h8,12H,3-7H2,1-2H3,(H,11,13). The normalized spacial score (nSPS) is 34.2. The van der Waals surface area contributed by atoms with Gasteiger partial charge in [0.05, 0.1) is 12.1 Å². The van der Waals surface area contributed by atoms with Crippen LogP contribution in [0.25, 0.3) is 0 Å². The summed E-state index contributed by atoms with van der Waals surface area (Å²) in [5.74, 6) is 0.566. The molecule has 1 fully saturated rings. The van der Waals surface area contributed by atoms with Crippen LogP contribution >= 0.6 is 0 Å². The van der Waals surface area contributed by atoms with Crippen molar-refractivity contribution in [2.45, 2.75) is 45.1 Å². The number of amides is 1. The average Bonchev–Trinajstić information content (AvgIpc) is 2.03. The Morgan fingerprint density at radius 2 is 2.38 bits per heavy atom. The van der Waals surface area contributed by atoms with E-state index in [4.69, 9.17) is 0 Å². The quantitative estimate of drug-likeness (QED) is 0.676. The van der Waals surface area contributed by atoms with Gasteiger partial charge in [0.25, 0.3) is 0 Å². The smallest absolute Gasteiger partial charge is 0.217 e. The molecule has 3 nitrogen and oxygen atoms in total. The van der Waals surface area contributed by atoms with E-state index in [-0.39, 0.29) is 18.1 Å². The molecule has 0 aromatic carbocycles. The Labute approximate surface area is 79.5 Å². The summed E-state index contributed by atoms with van der Waals surface area (Å²) in [6.07, 6.45) is 4.12. The maximum Gasteiger partial charge on any atom is 0.217 e. The van der Waals surface area contributed by atoms with E-state index in [9.17, 15) is 9.90 Å². The van der Waals surface area contributed by atoms with Crippen LogP contribution in [0, 0.1) is 5.92 Å². The van der Waals surface area contributed by atoms with Gasteiger partial charge in [0, 0.05) is 6.92 Å². The lowest BCUT2D eigenvalue weighted by Crippen LogP contribution is -2.53. The molecule has 2 atom stereocenters. The molecule has 0 heterocycles. The minimum absolute atomic E-state index is 0.0387. The van der Waals surface area contributed by atoms with Gasteiger partial charge in [-0.3, -0.25) is 4.79 Å². The molecule has 3 heteroatoms. The minimum atomic E-state index is -0.330. The average molecular weight is 185 g/mol. The van der Waals surface area contributed by atoms with Gasteiger partial charge in [0.1, 0.15) is 0 Å². The lowest BCUT2D eigenvalue weighted by atomic mass is 9.77. The van der Waals surface area contributed by atoms with Crippen LogP contribution in [0.5, 0.6) is 0 Å². The van der Waals surface area contributed by atoms with E-state index in [1.807, 2.05) is 0 Å². The first kappa shape index (κ1) is 10.5. The summed E-state index contributed by atoms with van der Waals surface area (Å²) < 4.78 is 0. The van der Waals surface area contributed by atoms with Gasteiger partial charge in [-0.1, -0.05) is 19.8 Å². The first-order valence-electron chi connectivity index (χ1n) is 4.97. The molecule has 0 bridgehead atoms. The Hall–Kier alpha value is -0.570. The lowest BCUT2D eigenvalue weighted by molar-refractivity contribution is -0.122. The monoisotopic (exact) mass is 185 g/mol. The molecular formula is C10H19NO2. The highest BCUT2D eigenvalue weighted by atomic mass is 16.3. The Balaban J connectivity index is 2.61. The minimum Gasteiger partial charge on any atom is -0.394 e. The Bertz CT molecular complexity index is 193. The van der Waals surface area contributed by atoms with Crippen LogP contribution in [0.4, 0.5) is 0 Å². The van der Waals surface area contributed by atoms with Crippen molar-refractivity contribution >= 4 is 5.91 Å². The largest absolute Gasteiger partial charge is 0.394 e. The van der Waals surface area contributed by atoms with Gasteiger partial charge in [-0.05, 0) is 18.8 Å². The number of carbonyl (C=O) groups is 1. The Morgan fingerprint density at radius 1 is 1.69 bits per heavy atom. The van der Waals surface area contributed by atoms with Gasteiger partial charge in [-0.25, -0.2) is 0 Å². The second-order valence-corrected chi connectivity index (χ2v) is 4.32.